The molecule has 2 aromatic carbocycles. The summed E-state index contributed by atoms with van der Waals surface area (Å²) < 4.78 is 40.6. The molecule has 8 heteroatoms. The van der Waals surface area contributed by atoms with E-state index in [2.05, 4.69) is 20.7 Å². The minimum Gasteiger partial charge on any atom is -0.392 e. The summed E-state index contributed by atoms with van der Waals surface area (Å²) in [5.74, 6) is -0.769. The van der Waals surface area contributed by atoms with Gasteiger partial charge >= 0.3 is 0 Å². The molecule has 0 aliphatic rings. The van der Waals surface area contributed by atoms with Gasteiger partial charge in [0, 0.05) is 4.47 Å². The van der Waals surface area contributed by atoms with Crippen molar-refractivity contribution in [3.63, 3.8) is 0 Å². The van der Waals surface area contributed by atoms with Crippen LogP contribution in [-0.2, 0) is 16.6 Å². The van der Waals surface area contributed by atoms with E-state index in [-0.39, 0.29) is 26.7 Å². The van der Waals surface area contributed by atoms with Crippen LogP contribution in [0, 0.1) is 5.82 Å². The highest BCUT2D eigenvalue weighted by atomic mass is 79.9. The summed E-state index contributed by atoms with van der Waals surface area (Å²) in [6.07, 6.45) is 0. The number of sulfonamides is 1. The Balaban J connectivity index is 2.44. The number of aliphatic hydroxyl groups is 1. The third-order valence-electron chi connectivity index (χ3n) is 2.67. The Kier molecular flexibility index (Phi) is 4.88. The quantitative estimate of drug-likeness (QED) is 0.833. The summed E-state index contributed by atoms with van der Waals surface area (Å²) in [6, 6.07) is 8.11. The SMILES string of the molecule is O=S(=O)(Nc1c(F)cccc1Cl)c1ccc(CO)cc1Br. The van der Waals surface area contributed by atoms with E-state index in [4.69, 9.17) is 16.7 Å². The fourth-order valence-corrected chi connectivity index (χ4v) is 4.13. The van der Waals surface area contributed by atoms with Crippen LogP contribution in [0.3, 0.4) is 0 Å². The van der Waals surface area contributed by atoms with Crippen LogP contribution in [0.15, 0.2) is 45.8 Å². The maximum atomic E-state index is 13.7. The van der Waals surface area contributed by atoms with Crippen molar-refractivity contribution in [2.45, 2.75) is 11.5 Å². The number of nitrogens with one attached hydrogen (secondary N) is 1. The van der Waals surface area contributed by atoms with Gasteiger partial charge in [-0.25, -0.2) is 12.8 Å². The van der Waals surface area contributed by atoms with Crippen molar-refractivity contribution in [1.82, 2.24) is 0 Å². The number of rotatable bonds is 4. The molecule has 0 fully saturated rings. The molecule has 0 aliphatic carbocycles. The predicted octanol–water partition coefficient (Wildman–Crippen LogP) is 3.53. The van der Waals surface area contributed by atoms with Gasteiger partial charge in [-0.1, -0.05) is 23.7 Å². The lowest BCUT2D eigenvalue weighted by Crippen LogP contribution is -2.15. The zero-order valence-electron chi connectivity index (χ0n) is 10.5. The Labute approximate surface area is 134 Å². The molecule has 0 saturated heterocycles. The number of aliphatic hydroxyl groups excluding tert-OH is 1. The average Bonchev–Trinajstić information content (AvgIpc) is 2.42. The first-order chi connectivity index (χ1) is 9.85. The van der Waals surface area contributed by atoms with Crippen molar-refractivity contribution in [2.24, 2.45) is 0 Å². The van der Waals surface area contributed by atoms with Crippen LogP contribution in [0.1, 0.15) is 5.56 Å². The van der Waals surface area contributed by atoms with Gasteiger partial charge in [-0.3, -0.25) is 4.72 Å². The second-order valence-corrected chi connectivity index (χ2v) is 7.04. The highest BCUT2D eigenvalue weighted by Crippen LogP contribution is 2.30. The van der Waals surface area contributed by atoms with Gasteiger partial charge < -0.3 is 5.11 Å². The Morgan fingerprint density at radius 2 is 2.00 bits per heavy atom. The van der Waals surface area contributed by atoms with Crippen LogP contribution < -0.4 is 4.72 Å². The van der Waals surface area contributed by atoms with Crippen molar-refractivity contribution >= 4 is 43.2 Å². The molecular formula is C13H10BrClFNO3S. The van der Waals surface area contributed by atoms with E-state index < -0.39 is 15.8 Å². The monoisotopic (exact) mass is 393 g/mol. The Morgan fingerprint density at radius 1 is 1.29 bits per heavy atom. The lowest BCUT2D eigenvalue weighted by Gasteiger charge is -2.12. The lowest BCUT2D eigenvalue weighted by molar-refractivity contribution is 0.281. The number of anilines is 1. The first kappa shape index (κ1) is 16.2. The molecule has 0 unspecified atom stereocenters. The number of hydrogen-bond acceptors (Lipinski definition) is 3. The fourth-order valence-electron chi connectivity index (χ4n) is 1.65. The van der Waals surface area contributed by atoms with E-state index >= 15 is 0 Å². The van der Waals surface area contributed by atoms with E-state index in [1.165, 1.54) is 30.3 Å². The molecule has 0 heterocycles. The second-order valence-electron chi connectivity index (χ2n) is 4.13. The second kappa shape index (κ2) is 6.31. The highest BCUT2D eigenvalue weighted by Gasteiger charge is 2.21. The van der Waals surface area contributed by atoms with Crippen molar-refractivity contribution in [1.29, 1.82) is 0 Å². The van der Waals surface area contributed by atoms with E-state index in [1.807, 2.05) is 0 Å². The van der Waals surface area contributed by atoms with E-state index in [9.17, 15) is 12.8 Å². The smallest absolute Gasteiger partial charge is 0.263 e. The first-order valence-electron chi connectivity index (χ1n) is 5.71. The van der Waals surface area contributed by atoms with Crippen LogP contribution in [0.4, 0.5) is 10.1 Å². The maximum absolute atomic E-state index is 13.7. The molecule has 0 atom stereocenters. The van der Waals surface area contributed by atoms with Crippen molar-refractivity contribution in [3.05, 3.63) is 57.3 Å². The van der Waals surface area contributed by atoms with Gasteiger partial charge in [0.1, 0.15) is 16.4 Å². The van der Waals surface area contributed by atoms with Gasteiger partial charge in [-0.2, -0.15) is 0 Å². The molecule has 0 aliphatic heterocycles. The van der Waals surface area contributed by atoms with Crippen molar-refractivity contribution in [3.8, 4) is 0 Å². The zero-order valence-corrected chi connectivity index (χ0v) is 13.6. The number of hydrogen-bond donors (Lipinski definition) is 2. The third-order valence-corrected chi connectivity index (χ3v) is 5.31. The highest BCUT2D eigenvalue weighted by molar-refractivity contribution is 9.10. The van der Waals surface area contributed by atoms with Crippen molar-refractivity contribution in [2.75, 3.05) is 4.72 Å². The predicted molar refractivity (Wildman–Crippen MR) is 82.3 cm³/mol. The molecule has 0 aromatic heterocycles. The minimum atomic E-state index is -4.02. The number of benzene rings is 2. The van der Waals surface area contributed by atoms with Gasteiger partial charge in [0.25, 0.3) is 10.0 Å². The Hall–Kier alpha value is -1.15. The minimum absolute atomic E-state index is 0.0401. The van der Waals surface area contributed by atoms with Crippen LogP contribution in [0.5, 0.6) is 0 Å². The lowest BCUT2D eigenvalue weighted by atomic mass is 10.2. The molecule has 4 nitrogen and oxygen atoms in total. The summed E-state index contributed by atoms with van der Waals surface area (Å²) in [6.45, 7) is -0.217. The average molecular weight is 395 g/mol. The molecular weight excluding hydrogens is 385 g/mol. The Bertz CT molecular complexity index is 763. The molecule has 0 saturated carbocycles. The molecule has 0 radical (unpaired) electrons. The number of para-hydroxylation sites is 1. The molecule has 21 heavy (non-hydrogen) atoms. The molecule has 2 aromatic rings. The van der Waals surface area contributed by atoms with Gasteiger partial charge in [0.05, 0.1) is 11.6 Å². The summed E-state index contributed by atoms with van der Waals surface area (Å²) in [4.78, 5) is -0.0842. The third kappa shape index (κ3) is 3.55. The van der Waals surface area contributed by atoms with E-state index in [1.54, 1.807) is 0 Å². The van der Waals surface area contributed by atoms with E-state index in [0.717, 1.165) is 6.07 Å². The van der Waals surface area contributed by atoms with Crippen molar-refractivity contribution < 1.29 is 17.9 Å². The summed E-state index contributed by atoms with van der Waals surface area (Å²) >= 11 is 8.92. The van der Waals surface area contributed by atoms with Crippen LogP contribution in [0.25, 0.3) is 0 Å². The molecule has 0 spiro atoms. The van der Waals surface area contributed by atoms with Crippen LogP contribution >= 0.6 is 27.5 Å². The molecule has 0 bridgehead atoms. The molecule has 2 N–H and O–H groups in total. The summed E-state index contributed by atoms with van der Waals surface area (Å²) in [5.41, 5.74) is 0.238. The summed E-state index contributed by atoms with van der Waals surface area (Å²) in [5, 5.41) is 8.97. The van der Waals surface area contributed by atoms with E-state index in [0.29, 0.717) is 5.56 Å². The molecule has 112 valence electrons. The summed E-state index contributed by atoms with van der Waals surface area (Å²) in [7, 11) is -4.02. The van der Waals surface area contributed by atoms with Crippen LogP contribution in [0.2, 0.25) is 5.02 Å². The number of halogens is 3. The normalized spacial score (nSPS) is 11.4. The molecule has 2 rings (SSSR count). The Morgan fingerprint density at radius 3 is 2.57 bits per heavy atom. The fraction of sp³-hybridized carbons (Fsp3) is 0.0769. The van der Waals surface area contributed by atoms with Gasteiger partial charge in [-0.15, -0.1) is 0 Å². The maximum Gasteiger partial charge on any atom is 0.263 e. The van der Waals surface area contributed by atoms with Gasteiger partial charge in [0.2, 0.25) is 0 Å². The topological polar surface area (TPSA) is 66.4 Å². The largest absolute Gasteiger partial charge is 0.392 e. The molecule has 0 amide bonds. The standard InChI is InChI=1S/C13H10BrClFNO3S/c14-9-6-8(7-18)4-5-12(9)21(19,20)17-13-10(15)2-1-3-11(13)16/h1-6,17-18H,7H2. The van der Waals surface area contributed by atoms with Gasteiger partial charge in [0.15, 0.2) is 0 Å². The first-order valence-corrected chi connectivity index (χ1v) is 8.36. The zero-order chi connectivity index (χ0) is 15.6. The van der Waals surface area contributed by atoms with Gasteiger partial charge in [-0.05, 0) is 45.8 Å². The van der Waals surface area contributed by atoms with Crippen LogP contribution in [-0.4, -0.2) is 13.5 Å².